The van der Waals surface area contributed by atoms with Crippen LogP contribution in [0, 0.1) is 0 Å². The summed E-state index contributed by atoms with van der Waals surface area (Å²) in [6.45, 7) is 0.843. The van der Waals surface area contributed by atoms with Crippen molar-refractivity contribution in [3.05, 3.63) is 29.8 Å². The highest BCUT2D eigenvalue weighted by Gasteiger charge is 2.07. The molecule has 4 heteroatoms. The molecule has 2 N–H and O–H groups in total. The van der Waals surface area contributed by atoms with Crippen molar-refractivity contribution < 1.29 is 9.59 Å². The summed E-state index contributed by atoms with van der Waals surface area (Å²) in [5, 5.41) is 0. The SMILES string of the molecule is O=C1CCCCNNc2cccc(c2)CCCC(=O)CCC1. The summed E-state index contributed by atoms with van der Waals surface area (Å²) in [5.74, 6) is 0.574. The van der Waals surface area contributed by atoms with Crippen LogP contribution in [0.3, 0.4) is 0 Å². The van der Waals surface area contributed by atoms with Gasteiger partial charge in [-0.15, -0.1) is 0 Å². The Kier molecular flexibility index (Phi) is 7.10. The Balaban J connectivity index is 1.90. The van der Waals surface area contributed by atoms with Crippen LogP contribution >= 0.6 is 0 Å². The van der Waals surface area contributed by atoms with Crippen LogP contribution in [-0.2, 0) is 16.0 Å². The van der Waals surface area contributed by atoms with Crippen molar-refractivity contribution in [1.29, 1.82) is 0 Å². The van der Waals surface area contributed by atoms with Gasteiger partial charge in [-0.2, -0.15) is 0 Å². The van der Waals surface area contributed by atoms with Crippen molar-refractivity contribution in [3.63, 3.8) is 0 Å². The molecule has 0 fully saturated rings. The van der Waals surface area contributed by atoms with Crippen molar-refractivity contribution in [2.24, 2.45) is 0 Å². The number of aryl methyl sites for hydroxylation is 1. The fraction of sp³-hybridized carbons (Fsp3) is 0.556. The number of carbonyl (C=O) groups is 2. The second-order valence-corrected chi connectivity index (χ2v) is 5.99. The maximum Gasteiger partial charge on any atom is 0.132 e. The number of benzene rings is 1. The molecular formula is C18H26N2O2. The minimum absolute atomic E-state index is 0.285. The number of hydrazine groups is 1. The van der Waals surface area contributed by atoms with Crippen LogP contribution in [-0.4, -0.2) is 18.1 Å². The second-order valence-electron chi connectivity index (χ2n) is 5.99. The van der Waals surface area contributed by atoms with E-state index in [1.807, 2.05) is 12.1 Å². The summed E-state index contributed by atoms with van der Waals surface area (Å²) < 4.78 is 0. The molecule has 0 saturated carbocycles. The molecule has 2 rings (SSSR count). The van der Waals surface area contributed by atoms with Crippen LogP contribution < -0.4 is 10.9 Å². The molecule has 1 aliphatic heterocycles. The lowest BCUT2D eigenvalue weighted by Crippen LogP contribution is -2.22. The van der Waals surface area contributed by atoms with Crippen LogP contribution in [0.5, 0.6) is 0 Å². The van der Waals surface area contributed by atoms with Gasteiger partial charge in [-0.05, 0) is 49.8 Å². The van der Waals surface area contributed by atoms with Gasteiger partial charge in [-0.1, -0.05) is 12.1 Å². The molecule has 0 saturated heterocycles. The van der Waals surface area contributed by atoms with Gasteiger partial charge in [-0.25, -0.2) is 5.43 Å². The van der Waals surface area contributed by atoms with Gasteiger partial charge in [0.25, 0.3) is 0 Å². The van der Waals surface area contributed by atoms with E-state index in [9.17, 15) is 9.59 Å². The molecule has 1 heterocycles. The highest BCUT2D eigenvalue weighted by atomic mass is 16.1. The van der Waals surface area contributed by atoms with Crippen molar-refractivity contribution >= 4 is 17.3 Å². The first kappa shape index (κ1) is 16.7. The van der Waals surface area contributed by atoms with Crippen LogP contribution in [0.2, 0.25) is 0 Å². The summed E-state index contributed by atoms with van der Waals surface area (Å²) in [6, 6.07) is 8.29. The normalized spacial score (nSPS) is 19.3. The lowest BCUT2D eigenvalue weighted by molar-refractivity contribution is -0.120. The Hall–Kier alpha value is -1.68. The molecule has 1 aromatic rings. The molecule has 0 spiro atoms. The first-order valence-corrected chi connectivity index (χ1v) is 8.35. The van der Waals surface area contributed by atoms with Crippen LogP contribution in [0.15, 0.2) is 24.3 Å². The number of hydrogen-bond acceptors (Lipinski definition) is 4. The van der Waals surface area contributed by atoms with E-state index in [2.05, 4.69) is 23.0 Å². The van der Waals surface area contributed by atoms with Crippen LogP contribution in [0.1, 0.15) is 56.9 Å². The fourth-order valence-corrected chi connectivity index (χ4v) is 2.73. The average molecular weight is 302 g/mol. The van der Waals surface area contributed by atoms with E-state index in [4.69, 9.17) is 0 Å². The molecule has 0 aromatic heterocycles. The second kappa shape index (κ2) is 9.36. The summed E-state index contributed by atoms with van der Waals surface area (Å²) >= 11 is 0. The first-order chi connectivity index (χ1) is 10.7. The quantitative estimate of drug-likeness (QED) is 0.771. The Morgan fingerprint density at radius 1 is 0.773 bits per heavy atom. The predicted molar refractivity (Wildman–Crippen MR) is 88.7 cm³/mol. The Labute approximate surface area is 132 Å². The minimum Gasteiger partial charge on any atom is -0.322 e. The zero-order chi connectivity index (χ0) is 15.6. The predicted octanol–water partition coefficient (Wildman–Crippen LogP) is 3.42. The number of hydrogen-bond donors (Lipinski definition) is 2. The lowest BCUT2D eigenvalue weighted by Gasteiger charge is -2.09. The number of fused-ring (bicyclic) bond motifs is 2. The minimum atomic E-state index is 0.285. The van der Waals surface area contributed by atoms with Gasteiger partial charge in [0.05, 0.1) is 0 Å². The standard InChI is InChI=1S/C18H26N2O2/c21-17-9-1-2-13-19-20-16-8-3-6-15(14-16)7-4-10-18(22)12-5-11-17/h3,6,8,14,19-20H,1-2,4-5,7,9-13H2. The summed E-state index contributed by atoms with van der Waals surface area (Å²) in [4.78, 5) is 23.5. The largest absolute Gasteiger partial charge is 0.322 e. The molecule has 1 aliphatic rings. The molecule has 0 aliphatic carbocycles. The highest BCUT2D eigenvalue weighted by Crippen LogP contribution is 2.14. The Bertz CT molecular complexity index is 500. The molecule has 120 valence electrons. The van der Waals surface area contributed by atoms with Crippen molar-refractivity contribution in [3.8, 4) is 0 Å². The van der Waals surface area contributed by atoms with Gasteiger partial charge in [-0.3, -0.25) is 9.59 Å². The maximum absolute atomic E-state index is 11.8. The van der Waals surface area contributed by atoms with E-state index >= 15 is 0 Å². The third-order valence-corrected chi connectivity index (χ3v) is 4.00. The Morgan fingerprint density at radius 3 is 2.23 bits per heavy atom. The van der Waals surface area contributed by atoms with E-state index in [-0.39, 0.29) is 11.6 Å². The van der Waals surface area contributed by atoms with Gasteiger partial charge in [0.1, 0.15) is 11.6 Å². The number of carbonyl (C=O) groups excluding carboxylic acids is 2. The summed E-state index contributed by atoms with van der Waals surface area (Å²) in [7, 11) is 0. The zero-order valence-electron chi connectivity index (χ0n) is 13.2. The van der Waals surface area contributed by atoms with E-state index in [1.165, 1.54) is 5.56 Å². The number of nitrogens with one attached hydrogen (secondary N) is 2. The Morgan fingerprint density at radius 2 is 1.45 bits per heavy atom. The average Bonchev–Trinajstić information content (AvgIpc) is 2.50. The molecule has 0 atom stereocenters. The van der Waals surface area contributed by atoms with Gasteiger partial charge >= 0.3 is 0 Å². The topological polar surface area (TPSA) is 58.2 Å². The number of rotatable bonds is 0. The van der Waals surface area contributed by atoms with E-state index in [0.717, 1.165) is 37.9 Å². The lowest BCUT2D eigenvalue weighted by atomic mass is 10.0. The highest BCUT2D eigenvalue weighted by molar-refractivity contribution is 5.81. The van der Waals surface area contributed by atoms with E-state index in [0.29, 0.717) is 32.1 Å². The zero-order valence-corrected chi connectivity index (χ0v) is 13.2. The maximum atomic E-state index is 11.8. The van der Waals surface area contributed by atoms with Crippen LogP contribution in [0.4, 0.5) is 5.69 Å². The first-order valence-electron chi connectivity index (χ1n) is 8.35. The smallest absolute Gasteiger partial charge is 0.132 e. The van der Waals surface area contributed by atoms with Gasteiger partial charge < -0.3 is 5.43 Å². The summed E-state index contributed by atoms with van der Waals surface area (Å²) in [6.07, 6.45) is 6.73. The molecule has 0 unspecified atom stereocenters. The molecule has 4 nitrogen and oxygen atoms in total. The number of Topliss-reactive ketones (excluding diaryl/α,β-unsaturated/α-hetero) is 2. The number of anilines is 1. The third-order valence-electron chi connectivity index (χ3n) is 4.00. The van der Waals surface area contributed by atoms with E-state index in [1.54, 1.807) is 0 Å². The van der Waals surface area contributed by atoms with Gasteiger partial charge in [0.15, 0.2) is 0 Å². The van der Waals surface area contributed by atoms with Gasteiger partial charge in [0, 0.05) is 37.9 Å². The number of ketones is 2. The van der Waals surface area contributed by atoms with Crippen molar-refractivity contribution in [2.75, 3.05) is 12.0 Å². The summed E-state index contributed by atoms with van der Waals surface area (Å²) in [5.41, 5.74) is 8.69. The van der Waals surface area contributed by atoms with E-state index < -0.39 is 0 Å². The van der Waals surface area contributed by atoms with Crippen LogP contribution in [0.25, 0.3) is 0 Å². The van der Waals surface area contributed by atoms with Gasteiger partial charge in [0.2, 0.25) is 0 Å². The van der Waals surface area contributed by atoms with Crippen molar-refractivity contribution in [2.45, 2.75) is 57.8 Å². The third kappa shape index (κ3) is 6.39. The fourth-order valence-electron chi connectivity index (χ4n) is 2.73. The van der Waals surface area contributed by atoms with Crippen molar-refractivity contribution in [1.82, 2.24) is 5.43 Å². The molecule has 1 aromatic carbocycles. The molecule has 22 heavy (non-hydrogen) atoms. The monoisotopic (exact) mass is 302 g/mol. The molecular weight excluding hydrogens is 276 g/mol. The molecule has 0 radical (unpaired) electrons. The molecule has 2 bridgehead atoms. The molecule has 0 amide bonds.